The molecule has 0 fully saturated rings. The van der Waals surface area contributed by atoms with E-state index in [4.69, 9.17) is 20.9 Å². The second-order valence-corrected chi connectivity index (χ2v) is 6.61. The minimum Gasteiger partial charge on any atom is -0.456 e. The lowest BCUT2D eigenvalue weighted by Gasteiger charge is -2.23. The largest absolute Gasteiger partial charge is 0.456 e. The van der Waals surface area contributed by atoms with Gasteiger partial charge in [-0.25, -0.2) is 4.79 Å². The van der Waals surface area contributed by atoms with Crippen LogP contribution in [0.5, 0.6) is 0 Å². The molecule has 0 bridgehead atoms. The molecule has 1 aliphatic rings. The first-order valence-corrected chi connectivity index (χ1v) is 7.11. The molecule has 1 aromatic heterocycles. The number of hydrogen-bond acceptors (Lipinski definition) is 6. The molecule has 0 spiro atoms. The second-order valence-electron chi connectivity index (χ2n) is 5.53. The van der Waals surface area contributed by atoms with Gasteiger partial charge in [-0.1, -0.05) is 0 Å². The van der Waals surface area contributed by atoms with E-state index in [0.29, 0.717) is 30.1 Å². The Hall–Kier alpha value is -1.11. The maximum atomic E-state index is 12.2. The highest BCUT2D eigenvalue weighted by Crippen LogP contribution is 2.40. The van der Waals surface area contributed by atoms with Crippen molar-refractivity contribution in [1.82, 2.24) is 0 Å². The molecule has 1 atom stereocenters. The summed E-state index contributed by atoms with van der Waals surface area (Å²) in [5, 5.41) is 0.489. The highest BCUT2D eigenvalue weighted by atomic mass is 32.1. The molecular formula is C13H20N2O3S. The topological polar surface area (TPSA) is 87.6 Å². The molecule has 0 saturated carbocycles. The Morgan fingerprint density at radius 1 is 1.53 bits per heavy atom. The van der Waals surface area contributed by atoms with Crippen molar-refractivity contribution in [1.29, 1.82) is 0 Å². The van der Waals surface area contributed by atoms with Crippen LogP contribution >= 0.6 is 11.3 Å². The summed E-state index contributed by atoms with van der Waals surface area (Å²) in [4.78, 5) is 13.2. The first-order valence-electron chi connectivity index (χ1n) is 6.29. The number of rotatable bonds is 2. The zero-order valence-corrected chi connectivity index (χ0v) is 12.3. The molecule has 1 unspecified atom stereocenters. The summed E-state index contributed by atoms with van der Waals surface area (Å²) < 4.78 is 11.0. The number of anilines is 1. The van der Waals surface area contributed by atoms with Gasteiger partial charge in [-0.2, -0.15) is 0 Å². The number of thiophene rings is 1. The van der Waals surface area contributed by atoms with Crippen LogP contribution in [0.25, 0.3) is 0 Å². The first kappa shape index (κ1) is 14.3. The van der Waals surface area contributed by atoms with Crippen LogP contribution < -0.4 is 11.5 Å². The van der Waals surface area contributed by atoms with Crippen LogP contribution in [0.1, 0.15) is 47.7 Å². The molecule has 4 N–H and O–H groups in total. The highest BCUT2D eigenvalue weighted by molar-refractivity contribution is 7.16. The number of nitrogen functional groups attached to an aromatic ring is 1. The summed E-state index contributed by atoms with van der Waals surface area (Å²) in [7, 11) is 0. The summed E-state index contributed by atoms with van der Waals surface area (Å²) in [5.74, 6) is -0.361. The van der Waals surface area contributed by atoms with Gasteiger partial charge >= 0.3 is 5.97 Å². The fraction of sp³-hybridized carbons (Fsp3) is 0.615. The van der Waals surface area contributed by atoms with E-state index in [9.17, 15) is 4.79 Å². The Morgan fingerprint density at radius 3 is 2.79 bits per heavy atom. The lowest BCUT2D eigenvalue weighted by Crippen LogP contribution is -2.26. The van der Waals surface area contributed by atoms with Crippen LogP contribution in [0.2, 0.25) is 0 Å². The molecule has 0 amide bonds. The summed E-state index contributed by atoms with van der Waals surface area (Å²) in [6, 6.07) is 0. The predicted octanol–water partition coefficient (Wildman–Crippen LogP) is 1.86. The summed E-state index contributed by atoms with van der Waals surface area (Å²) in [5.41, 5.74) is 12.6. The van der Waals surface area contributed by atoms with Gasteiger partial charge in [0.15, 0.2) is 0 Å². The van der Waals surface area contributed by atoms with Crippen LogP contribution in [0.15, 0.2) is 0 Å². The van der Waals surface area contributed by atoms with Gasteiger partial charge in [0.25, 0.3) is 0 Å². The van der Waals surface area contributed by atoms with Crippen molar-refractivity contribution in [2.75, 3.05) is 18.9 Å². The molecule has 1 aromatic rings. The van der Waals surface area contributed by atoms with Crippen LogP contribution in [0.4, 0.5) is 5.00 Å². The van der Waals surface area contributed by atoms with Gasteiger partial charge in [0, 0.05) is 11.4 Å². The van der Waals surface area contributed by atoms with Crippen molar-refractivity contribution in [3.05, 3.63) is 16.0 Å². The number of ether oxygens (including phenoxy) is 2. The first-order chi connectivity index (χ1) is 8.83. The van der Waals surface area contributed by atoms with E-state index < -0.39 is 5.60 Å². The van der Waals surface area contributed by atoms with Crippen molar-refractivity contribution >= 4 is 22.3 Å². The molecule has 19 heavy (non-hydrogen) atoms. The number of carbonyl (C=O) groups excluding carboxylic acids is 1. The zero-order valence-electron chi connectivity index (χ0n) is 11.5. The Kier molecular flexibility index (Phi) is 3.85. The summed E-state index contributed by atoms with van der Waals surface area (Å²) in [6.07, 6.45) is 0.515. The third-order valence-corrected chi connectivity index (χ3v) is 4.00. The van der Waals surface area contributed by atoms with Crippen molar-refractivity contribution in [2.24, 2.45) is 5.73 Å². The SMILES string of the molecule is CC(C)(C)OC(=O)c1c(N)sc2c1CCOC2CN. The Morgan fingerprint density at radius 2 is 2.21 bits per heavy atom. The molecule has 0 aromatic carbocycles. The number of carbonyl (C=O) groups is 1. The number of nitrogens with two attached hydrogens (primary N) is 2. The maximum absolute atomic E-state index is 12.2. The fourth-order valence-corrected chi connectivity index (χ4v) is 3.29. The molecule has 2 rings (SSSR count). The lowest BCUT2D eigenvalue weighted by atomic mass is 10.0. The van der Waals surface area contributed by atoms with Crippen LogP contribution in [-0.2, 0) is 15.9 Å². The summed E-state index contributed by atoms with van der Waals surface area (Å²) in [6.45, 7) is 6.46. The smallest absolute Gasteiger partial charge is 0.341 e. The fourth-order valence-electron chi connectivity index (χ4n) is 2.12. The Labute approximate surface area is 116 Å². The van der Waals surface area contributed by atoms with Gasteiger partial charge in [-0.05, 0) is 32.8 Å². The van der Waals surface area contributed by atoms with Gasteiger partial charge in [0.1, 0.15) is 16.7 Å². The molecule has 5 nitrogen and oxygen atoms in total. The van der Waals surface area contributed by atoms with E-state index in [-0.39, 0.29) is 12.1 Å². The van der Waals surface area contributed by atoms with Crippen molar-refractivity contribution in [3.8, 4) is 0 Å². The van der Waals surface area contributed by atoms with Crippen LogP contribution in [0, 0.1) is 0 Å². The molecule has 0 aliphatic carbocycles. The third kappa shape index (κ3) is 2.91. The standard InChI is InChI=1S/C13H20N2O3S/c1-13(2,3)18-12(16)9-7-4-5-17-8(6-14)10(7)19-11(9)15/h8H,4-6,14-15H2,1-3H3. The number of fused-ring (bicyclic) bond motifs is 1. The Balaban J connectivity index is 2.37. The maximum Gasteiger partial charge on any atom is 0.341 e. The molecule has 106 valence electrons. The third-order valence-electron chi connectivity index (χ3n) is 2.85. The van der Waals surface area contributed by atoms with Gasteiger partial charge in [0.2, 0.25) is 0 Å². The van der Waals surface area contributed by atoms with E-state index in [1.54, 1.807) is 0 Å². The minimum atomic E-state index is -0.531. The van der Waals surface area contributed by atoms with E-state index in [1.807, 2.05) is 20.8 Å². The van der Waals surface area contributed by atoms with E-state index in [2.05, 4.69) is 0 Å². The van der Waals surface area contributed by atoms with E-state index in [0.717, 1.165) is 10.4 Å². The second kappa shape index (κ2) is 5.11. The highest BCUT2D eigenvalue weighted by Gasteiger charge is 2.31. The van der Waals surface area contributed by atoms with Gasteiger partial charge in [-0.15, -0.1) is 11.3 Å². The van der Waals surface area contributed by atoms with Gasteiger partial charge in [-0.3, -0.25) is 0 Å². The average Bonchev–Trinajstić information content (AvgIpc) is 2.62. The lowest BCUT2D eigenvalue weighted by molar-refractivity contribution is 0.00664. The van der Waals surface area contributed by atoms with E-state index in [1.165, 1.54) is 11.3 Å². The summed E-state index contributed by atoms with van der Waals surface area (Å²) >= 11 is 1.38. The molecule has 0 saturated heterocycles. The van der Waals surface area contributed by atoms with Crippen molar-refractivity contribution in [2.45, 2.75) is 38.9 Å². The van der Waals surface area contributed by atoms with Crippen LogP contribution in [0.3, 0.4) is 0 Å². The number of esters is 1. The zero-order chi connectivity index (χ0) is 14.2. The minimum absolute atomic E-state index is 0.160. The molecule has 2 heterocycles. The number of hydrogen-bond donors (Lipinski definition) is 2. The molecule has 6 heteroatoms. The van der Waals surface area contributed by atoms with Gasteiger partial charge in [0.05, 0.1) is 12.2 Å². The molecule has 1 aliphatic heterocycles. The van der Waals surface area contributed by atoms with Crippen molar-refractivity contribution in [3.63, 3.8) is 0 Å². The van der Waals surface area contributed by atoms with Crippen molar-refractivity contribution < 1.29 is 14.3 Å². The van der Waals surface area contributed by atoms with E-state index >= 15 is 0 Å². The monoisotopic (exact) mass is 284 g/mol. The normalized spacial score (nSPS) is 19.1. The Bertz CT molecular complexity index is 491. The predicted molar refractivity (Wildman–Crippen MR) is 75.4 cm³/mol. The van der Waals surface area contributed by atoms with Gasteiger partial charge < -0.3 is 20.9 Å². The average molecular weight is 284 g/mol. The quantitative estimate of drug-likeness (QED) is 0.809. The molecular weight excluding hydrogens is 264 g/mol. The van der Waals surface area contributed by atoms with Crippen LogP contribution in [-0.4, -0.2) is 24.7 Å². The molecule has 0 radical (unpaired) electrons.